The predicted molar refractivity (Wildman–Crippen MR) is 388 cm³/mol. The smallest absolute Gasteiger partial charge is 0.421 e. The minimum atomic E-state index is -6.22. The molecule has 0 radical (unpaired) electrons. The van der Waals surface area contributed by atoms with Gasteiger partial charge in [-0.25, -0.2) is 9.69 Å². The lowest BCUT2D eigenvalue weighted by Gasteiger charge is -2.38. The SMILES string of the molecule is CCC(=O)c1ccc(C(c2ccc(C(=O)Cc3cc(C)c(-c4cc(C(C)(O)C(F)(F)F)c(C)cc4C)cc3C(C)(O)C(F)(F)F)cc2)(C(F)(F)F)C(F)(F)F)cc1C(=O)O.Cc1cc(C)c(C(C)(O)C(F)(F)F)cc1-c1cc(C(C)(O)C(F)(F)F)c(N2C(=O)c3ccc(C(C)(c4ccc5c(c4)C(=O)N(C)C5=O)C(F)(F)F)cc3C2=O)cc1C.O=C=O. The van der Waals surface area contributed by atoms with Crippen LogP contribution in [-0.2, 0) is 49.2 Å². The number of aryl methyl sites for hydroxylation is 6. The first-order chi connectivity index (χ1) is 55.0. The fraction of sp³-hybridized carbons (Fsp3) is 0.333. The Morgan fingerprint density at radius 2 is 0.694 bits per heavy atom. The lowest BCUT2D eigenvalue weighted by atomic mass is 9.72. The Balaban J connectivity index is 0.000000292. The Bertz CT molecular complexity index is 5590. The van der Waals surface area contributed by atoms with Gasteiger partial charge in [-0.2, -0.15) is 102 Å². The molecule has 5 atom stereocenters. The number of carboxylic acids is 1. The van der Waals surface area contributed by atoms with Crippen LogP contribution in [0.15, 0.2) is 127 Å². The molecule has 8 aromatic carbocycles. The zero-order valence-electron chi connectivity index (χ0n) is 65.3. The molecule has 2 aliphatic heterocycles. The van der Waals surface area contributed by atoms with E-state index in [0.717, 1.165) is 91.7 Å². The summed E-state index contributed by atoms with van der Waals surface area (Å²) in [7, 11) is 1.15. The molecule has 0 bridgehead atoms. The molecular formula is C84H69F21N2O14. The third kappa shape index (κ3) is 16.4. The van der Waals surface area contributed by atoms with Crippen LogP contribution in [0.4, 0.5) is 97.9 Å². The molecule has 4 amide bonds. The first-order valence-electron chi connectivity index (χ1n) is 35.4. The first-order valence-corrected chi connectivity index (χ1v) is 35.4. The van der Waals surface area contributed by atoms with Crippen molar-refractivity contribution < 1.29 is 161 Å². The topological polar surface area (TPSA) is 261 Å². The summed E-state index contributed by atoms with van der Waals surface area (Å²) < 4.78 is 305. The van der Waals surface area contributed by atoms with Crippen molar-refractivity contribution in [2.24, 2.45) is 0 Å². The number of carboxylic acid groups (broad SMARTS) is 1. The molecule has 2 heterocycles. The number of aliphatic hydroxyl groups is 4. The molecule has 0 aliphatic carbocycles. The van der Waals surface area contributed by atoms with Gasteiger partial charge in [-0.15, -0.1) is 0 Å². The van der Waals surface area contributed by atoms with Crippen molar-refractivity contribution in [1.29, 1.82) is 0 Å². The van der Waals surface area contributed by atoms with Crippen molar-refractivity contribution in [2.45, 2.75) is 172 Å². The van der Waals surface area contributed by atoms with Gasteiger partial charge in [0.15, 0.2) is 34.0 Å². The van der Waals surface area contributed by atoms with Crippen molar-refractivity contribution in [3.05, 3.63) is 250 Å². The second kappa shape index (κ2) is 31.9. The molecule has 0 aromatic heterocycles. The number of nitrogens with zero attached hydrogens (tertiary/aromatic N) is 2. The number of aromatic carboxylic acids is 1. The second-order valence-corrected chi connectivity index (χ2v) is 29.9. The number of alkyl halides is 21. The van der Waals surface area contributed by atoms with Crippen LogP contribution in [0.5, 0.6) is 0 Å². The van der Waals surface area contributed by atoms with Gasteiger partial charge < -0.3 is 25.5 Å². The summed E-state index contributed by atoms with van der Waals surface area (Å²) in [4.78, 5) is 108. The van der Waals surface area contributed by atoms with Gasteiger partial charge in [-0.05, 0) is 237 Å². The van der Waals surface area contributed by atoms with E-state index in [1.165, 1.54) is 60.6 Å². The van der Waals surface area contributed by atoms with Crippen LogP contribution >= 0.6 is 0 Å². The zero-order valence-corrected chi connectivity index (χ0v) is 65.3. The Kier molecular flexibility index (Phi) is 25.0. The minimum Gasteiger partial charge on any atom is -0.478 e. The standard InChI is InChI=1S/C42H36F12O6.C41H33F9N2O6.CO2/c1-7-33(55)27-13-12-26(17-30(27)35(57)58)38(41(49,50)51,42(52,53)54)25-10-8-23(9-11-25)34(56)16-24-15-21(3)29(19-32(24)37(6,60)40(46,47)48)28-18-31(22(4)14-20(28)2)36(5,59)39(43,44)45;1-18-12-20(3)29(37(5,57)40(45,46)47)16-25(18)26-17-30(38(6,58)41(48,49)50)31(13-19(26)2)52-34(55)24-11-9-22(15-28(24)35(52)56)36(4,39(42,43)44)21-8-10-23-27(14-21)33(54)51(7)32(23)53;2-1-3/h8-15,17-19,59-60H,7,16H2,1-6H3,(H,57,58);8-17,57-58H,1-7H3;. The molecule has 0 spiro atoms. The molecule has 2 aliphatic rings. The van der Waals surface area contributed by atoms with Gasteiger partial charge in [-0.1, -0.05) is 73.7 Å². The predicted octanol–water partition coefficient (Wildman–Crippen LogP) is 19.1. The van der Waals surface area contributed by atoms with Gasteiger partial charge in [0.05, 0.1) is 33.5 Å². The molecule has 5 N–H and O–H groups in total. The van der Waals surface area contributed by atoms with E-state index in [1.54, 1.807) is 0 Å². The van der Waals surface area contributed by atoms with Gasteiger partial charge in [0.1, 0.15) is 5.41 Å². The molecule has 121 heavy (non-hydrogen) atoms. The van der Waals surface area contributed by atoms with Gasteiger partial charge in [0.2, 0.25) is 5.41 Å². The summed E-state index contributed by atoms with van der Waals surface area (Å²) in [6, 6.07) is 16.0. The molecule has 8 aromatic rings. The van der Waals surface area contributed by atoms with Crippen LogP contribution in [0, 0.1) is 41.5 Å². The molecule has 5 unspecified atom stereocenters. The summed E-state index contributed by atoms with van der Waals surface area (Å²) in [5, 5.41) is 52.5. The number of amides is 4. The number of hydrogen-bond donors (Lipinski definition) is 5. The van der Waals surface area contributed by atoms with Crippen molar-refractivity contribution >= 4 is 53.0 Å². The molecule has 10 rings (SSSR count). The summed E-state index contributed by atoms with van der Waals surface area (Å²) in [6.07, 6.45) is -40.0. The number of ketones is 2. The van der Waals surface area contributed by atoms with E-state index in [0.29, 0.717) is 52.0 Å². The highest BCUT2D eigenvalue weighted by molar-refractivity contribution is 6.35. The number of Topliss-reactive ketones (excluding diaryl/α,β-unsaturated/α-hetero) is 2. The Morgan fingerprint density at radius 3 is 1.09 bits per heavy atom. The van der Waals surface area contributed by atoms with Gasteiger partial charge in [0, 0.05) is 36.6 Å². The highest BCUT2D eigenvalue weighted by Gasteiger charge is 2.73. The Labute approximate surface area is 672 Å². The number of imide groups is 2. The lowest BCUT2D eigenvalue weighted by molar-refractivity contribution is -0.288. The van der Waals surface area contributed by atoms with Gasteiger partial charge in [0.25, 0.3) is 23.6 Å². The summed E-state index contributed by atoms with van der Waals surface area (Å²) in [5.41, 5.74) is -35.1. The van der Waals surface area contributed by atoms with Crippen LogP contribution in [0.25, 0.3) is 22.3 Å². The molecule has 646 valence electrons. The van der Waals surface area contributed by atoms with Crippen molar-refractivity contribution in [3.63, 3.8) is 0 Å². The molecule has 0 saturated carbocycles. The number of benzene rings is 8. The minimum absolute atomic E-state index is 0.000238. The summed E-state index contributed by atoms with van der Waals surface area (Å²) in [5.74, 6) is -8.23. The second-order valence-electron chi connectivity index (χ2n) is 29.9. The van der Waals surface area contributed by atoms with Crippen molar-refractivity contribution in [3.8, 4) is 22.3 Å². The number of rotatable bonds is 17. The number of carbonyl (C=O) groups excluding carboxylic acids is 8. The van der Waals surface area contributed by atoms with E-state index in [2.05, 4.69) is 0 Å². The number of fused-ring (bicyclic) bond motifs is 2. The quantitative estimate of drug-likeness (QED) is 0.0323. The van der Waals surface area contributed by atoms with E-state index in [1.807, 2.05) is 0 Å². The highest BCUT2D eigenvalue weighted by atomic mass is 19.4. The van der Waals surface area contributed by atoms with E-state index >= 15 is 13.2 Å². The fourth-order valence-electron chi connectivity index (χ4n) is 14.6. The summed E-state index contributed by atoms with van der Waals surface area (Å²) >= 11 is 0. The van der Waals surface area contributed by atoms with E-state index in [-0.39, 0.29) is 102 Å². The maximum absolute atomic E-state index is 15.1. The average Bonchev–Trinajstić information content (AvgIpc) is 1.71. The number of carbonyl (C=O) groups is 7. The fourth-order valence-corrected chi connectivity index (χ4v) is 14.6. The van der Waals surface area contributed by atoms with Crippen LogP contribution in [0.2, 0.25) is 0 Å². The summed E-state index contributed by atoms with van der Waals surface area (Å²) in [6.45, 7) is 11.7. The maximum atomic E-state index is 15.1. The average molecular weight is 1730 g/mol. The number of anilines is 1. The third-order valence-electron chi connectivity index (χ3n) is 21.9. The van der Waals surface area contributed by atoms with Gasteiger partial charge in [-0.3, -0.25) is 33.7 Å². The molecule has 16 nitrogen and oxygen atoms in total. The van der Waals surface area contributed by atoms with E-state index in [9.17, 15) is 138 Å². The van der Waals surface area contributed by atoms with Crippen LogP contribution in [-0.4, -0.2) is 128 Å². The molecule has 0 fully saturated rings. The van der Waals surface area contributed by atoms with Crippen LogP contribution in [0.1, 0.15) is 204 Å². The van der Waals surface area contributed by atoms with Crippen LogP contribution < -0.4 is 4.90 Å². The molecular weight excluding hydrogens is 1660 g/mol. The lowest BCUT2D eigenvalue weighted by Crippen LogP contribution is -2.54. The highest BCUT2D eigenvalue weighted by Crippen LogP contribution is 2.58. The maximum Gasteiger partial charge on any atom is 0.421 e. The monoisotopic (exact) mass is 1730 g/mol. The van der Waals surface area contributed by atoms with Crippen molar-refractivity contribution in [1.82, 2.24) is 4.90 Å². The van der Waals surface area contributed by atoms with Crippen LogP contribution in [0.3, 0.4) is 0 Å². The number of hydrogen-bond acceptors (Lipinski definition) is 13. The Morgan fingerprint density at radius 1 is 0.355 bits per heavy atom. The molecule has 37 heteroatoms. The van der Waals surface area contributed by atoms with E-state index in [4.69, 9.17) is 9.59 Å². The third-order valence-corrected chi connectivity index (χ3v) is 21.9. The van der Waals surface area contributed by atoms with Gasteiger partial charge >= 0.3 is 55.4 Å². The first kappa shape index (κ1) is 95.1. The normalized spacial score (nSPS) is 16.1. The van der Waals surface area contributed by atoms with E-state index < -0.39 is 208 Å². The number of halogens is 21. The largest absolute Gasteiger partial charge is 0.478 e. The Hall–Kier alpha value is -11.4. The van der Waals surface area contributed by atoms with Crippen molar-refractivity contribution in [2.75, 3.05) is 11.9 Å². The molecule has 0 saturated heterocycles. The zero-order chi connectivity index (χ0) is 92.3.